The van der Waals surface area contributed by atoms with Gasteiger partial charge >= 0.3 is 5.69 Å². The minimum Gasteiger partial charge on any atom is -0.484 e. The van der Waals surface area contributed by atoms with Crippen LogP contribution in [0.1, 0.15) is 0 Å². The molecule has 5 nitrogen and oxygen atoms in total. The van der Waals surface area contributed by atoms with Gasteiger partial charge in [-0.05, 0) is 17.2 Å². The van der Waals surface area contributed by atoms with E-state index in [2.05, 4.69) is 0 Å². The summed E-state index contributed by atoms with van der Waals surface area (Å²) in [5.41, 5.74) is 1.71. The molecule has 1 unspecified atom stereocenters. The number of epoxide rings is 1. The maximum Gasteiger partial charge on any atom is 0.311 e. The monoisotopic (exact) mass is 271 g/mol. The normalized spacial score (nSPS) is 16.7. The second-order valence-electron chi connectivity index (χ2n) is 4.57. The largest absolute Gasteiger partial charge is 0.484 e. The molecule has 0 aliphatic carbocycles. The van der Waals surface area contributed by atoms with E-state index >= 15 is 0 Å². The molecule has 0 N–H and O–H groups in total. The van der Waals surface area contributed by atoms with E-state index in [1.807, 2.05) is 36.4 Å². The van der Waals surface area contributed by atoms with E-state index < -0.39 is 4.92 Å². The van der Waals surface area contributed by atoms with Crippen molar-refractivity contribution in [2.75, 3.05) is 13.2 Å². The van der Waals surface area contributed by atoms with Gasteiger partial charge in [-0.25, -0.2) is 0 Å². The highest BCUT2D eigenvalue weighted by molar-refractivity contribution is 5.68. The molecule has 1 aliphatic rings. The first-order chi connectivity index (χ1) is 9.74. The van der Waals surface area contributed by atoms with Gasteiger partial charge in [-0.15, -0.1) is 0 Å². The molecule has 102 valence electrons. The number of nitro groups is 1. The molecule has 1 heterocycles. The molecule has 0 aromatic heterocycles. The third-order valence-corrected chi connectivity index (χ3v) is 3.09. The molecule has 0 radical (unpaired) electrons. The lowest BCUT2D eigenvalue weighted by molar-refractivity contribution is -0.385. The number of hydrogen-bond donors (Lipinski definition) is 0. The lowest BCUT2D eigenvalue weighted by atomic mass is 10.0. The second-order valence-corrected chi connectivity index (χ2v) is 4.57. The molecule has 0 amide bonds. The summed E-state index contributed by atoms with van der Waals surface area (Å²) in [7, 11) is 0. The number of rotatable bonds is 5. The van der Waals surface area contributed by atoms with Crippen molar-refractivity contribution in [3.05, 3.63) is 58.6 Å². The second kappa shape index (κ2) is 5.30. The summed E-state index contributed by atoms with van der Waals surface area (Å²) < 4.78 is 10.5. The number of hydrogen-bond acceptors (Lipinski definition) is 4. The van der Waals surface area contributed by atoms with Crippen molar-refractivity contribution < 1.29 is 14.4 Å². The Morgan fingerprint density at radius 3 is 2.60 bits per heavy atom. The first-order valence-corrected chi connectivity index (χ1v) is 6.32. The van der Waals surface area contributed by atoms with Crippen molar-refractivity contribution in [1.82, 2.24) is 0 Å². The molecule has 3 rings (SSSR count). The van der Waals surface area contributed by atoms with Gasteiger partial charge in [0.1, 0.15) is 12.7 Å². The zero-order valence-electron chi connectivity index (χ0n) is 10.7. The van der Waals surface area contributed by atoms with E-state index in [9.17, 15) is 10.1 Å². The van der Waals surface area contributed by atoms with Gasteiger partial charge < -0.3 is 9.47 Å². The van der Waals surface area contributed by atoms with Gasteiger partial charge in [0, 0.05) is 6.07 Å². The Hall–Kier alpha value is -2.40. The van der Waals surface area contributed by atoms with Crippen LogP contribution in [0.2, 0.25) is 0 Å². The minimum atomic E-state index is -0.421. The third-order valence-electron chi connectivity index (χ3n) is 3.09. The zero-order valence-corrected chi connectivity index (χ0v) is 10.7. The van der Waals surface area contributed by atoms with Crippen LogP contribution in [0, 0.1) is 10.1 Å². The van der Waals surface area contributed by atoms with E-state index in [-0.39, 0.29) is 17.5 Å². The molecule has 1 aliphatic heterocycles. The van der Waals surface area contributed by atoms with Gasteiger partial charge in [-0.1, -0.05) is 36.4 Å². The number of benzene rings is 2. The summed E-state index contributed by atoms with van der Waals surface area (Å²) >= 11 is 0. The van der Waals surface area contributed by atoms with Crippen LogP contribution in [0.4, 0.5) is 5.69 Å². The molecule has 20 heavy (non-hydrogen) atoms. The standard InChI is InChI=1S/C15H13NO4/c17-16(18)14-8-12(11-4-2-1-3-5-11)6-7-15(14)20-10-13-9-19-13/h1-8,13H,9-10H2. The van der Waals surface area contributed by atoms with Gasteiger partial charge in [-0.3, -0.25) is 10.1 Å². The number of nitro benzene ring substituents is 1. The zero-order chi connectivity index (χ0) is 13.9. The van der Waals surface area contributed by atoms with Crippen LogP contribution < -0.4 is 4.74 Å². The van der Waals surface area contributed by atoms with Crippen LogP contribution in [-0.2, 0) is 4.74 Å². The predicted octanol–water partition coefficient (Wildman–Crippen LogP) is 3.04. The number of ether oxygens (including phenoxy) is 2. The van der Waals surface area contributed by atoms with Crippen molar-refractivity contribution in [3.63, 3.8) is 0 Å². The highest BCUT2D eigenvalue weighted by Gasteiger charge is 2.25. The lowest BCUT2D eigenvalue weighted by Gasteiger charge is -2.07. The Morgan fingerprint density at radius 2 is 1.95 bits per heavy atom. The molecule has 2 aromatic carbocycles. The molecule has 1 saturated heterocycles. The first-order valence-electron chi connectivity index (χ1n) is 6.32. The van der Waals surface area contributed by atoms with E-state index in [0.717, 1.165) is 11.1 Å². The molecule has 0 spiro atoms. The van der Waals surface area contributed by atoms with Crippen LogP contribution in [0.25, 0.3) is 11.1 Å². The van der Waals surface area contributed by atoms with Gasteiger partial charge in [-0.2, -0.15) is 0 Å². The van der Waals surface area contributed by atoms with Crippen molar-refractivity contribution >= 4 is 5.69 Å². The summed E-state index contributed by atoms with van der Waals surface area (Å²) in [5, 5.41) is 11.2. The maximum absolute atomic E-state index is 11.2. The van der Waals surface area contributed by atoms with Crippen LogP contribution in [0.15, 0.2) is 48.5 Å². The van der Waals surface area contributed by atoms with Crippen molar-refractivity contribution in [2.24, 2.45) is 0 Å². The fourth-order valence-corrected chi connectivity index (χ4v) is 1.94. The molecule has 0 saturated carbocycles. The summed E-state index contributed by atoms with van der Waals surface area (Å²) in [5.74, 6) is 0.283. The lowest BCUT2D eigenvalue weighted by Crippen LogP contribution is -2.05. The Kier molecular flexibility index (Phi) is 3.35. The summed E-state index contributed by atoms with van der Waals surface area (Å²) in [6.45, 7) is 1.02. The smallest absolute Gasteiger partial charge is 0.311 e. The Bertz CT molecular complexity index is 623. The minimum absolute atomic E-state index is 0.0213. The summed E-state index contributed by atoms with van der Waals surface area (Å²) in [4.78, 5) is 10.7. The molecular formula is C15H13NO4. The van der Waals surface area contributed by atoms with Crippen LogP contribution in [0.3, 0.4) is 0 Å². The highest BCUT2D eigenvalue weighted by atomic mass is 16.6. The Labute approximate surface area is 115 Å². The predicted molar refractivity (Wildman–Crippen MR) is 73.8 cm³/mol. The van der Waals surface area contributed by atoms with Gasteiger partial charge in [0.05, 0.1) is 11.5 Å². The SMILES string of the molecule is O=[N+]([O-])c1cc(-c2ccccc2)ccc1OCC1CO1. The quantitative estimate of drug-likeness (QED) is 0.476. The Morgan fingerprint density at radius 1 is 1.20 bits per heavy atom. The van der Waals surface area contributed by atoms with E-state index in [0.29, 0.717) is 13.2 Å². The molecule has 5 heteroatoms. The van der Waals surface area contributed by atoms with Crippen molar-refractivity contribution in [3.8, 4) is 16.9 Å². The first kappa shape index (κ1) is 12.6. The van der Waals surface area contributed by atoms with Crippen LogP contribution >= 0.6 is 0 Å². The summed E-state index contributed by atoms with van der Waals surface area (Å²) in [6.07, 6.45) is 0.0726. The van der Waals surface area contributed by atoms with Gasteiger partial charge in [0.15, 0.2) is 5.75 Å². The maximum atomic E-state index is 11.2. The fraction of sp³-hybridized carbons (Fsp3) is 0.200. The fourth-order valence-electron chi connectivity index (χ4n) is 1.94. The average molecular weight is 271 g/mol. The Balaban J connectivity index is 1.90. The topological polar surface area (TPSA) is 64.9 Å². The summed E-state index contributed by atoms with van der Waals surface area (Å²) in [6, 6.07) is 14.5. The third kappa shape index (κ3) is 2.78. The molecule has 1 fully saturated rings. The van der Waals surface area contributed by atoms with Crippen molar-refractivity contribution in [2.45, 2.75) is 6.10 Å². The molecular weight excluding hydrogens is 258 g/mol. The average Bonchev–Trinajstić information content (AvgIpc) is 3.30. The van der Waals surface area contributed by atoms with E-state index in [4.69, 9.17) is 9.47 Å². The van der Waals surface area contributed by atoms with E-state index in [1.165, 1.54) is 0 Å². The van der Waals surface area contributed by atoms with Crippen LogP contribution in [0.5, 0.6) is 5.75 Å². The van der Waals surface area contributed by atoms with E-state index in [1.54, 1.807) is 12.1 Å². The van der Waals surface area contributed by atoms with Crippen molar-refractivity contribution in [1.29, 1.82) is 0 Å². The molecule has 2 aromatic rings. The highest BCUT2D eigenvalue weighted by Crippen LogP contribution is 2.32. The number of nitrogens with zero attached hydrogens (tertiary/aromatic N) is 1. The van der Waals surface area contributed by atoms with Crippen LogP contribution in [-0.4, -0.2) is 24.2 Å². The van der Waals surface area contributed by atoms with Gasteiger partial charge in [0.2, 0.25) is 0 Å². The molecule has 1 atom stereocenters. The molecule has 0 bridgehead atoms. The van der Waals surface area contributed by atoms with Gasteiger partial charge in [0.25, 0.3) is 0 Å².